The number of aryl methyl sites for hydroxylation is 6. The molecule has 4 aliphatic carbocycles. The van der Waals surface area contributed by atoms with E-state index in [-0.39, 0.29) is 63.8 Å². The Labute approximate surface area is 737 Å². The molecule has 0 aliphatic heterocycles. The molecule has 14 aromatic rings. The van der Waals surface area contributed by atoms with E-state index in [1.807, 2.05) is 0 Å². The normalized spacial score (nSPS) is 13.1. The standard InChI is InChI=1S/2C44H40P2.2C10H14.2ClH.2Ru/c2*1-5-19-35(20-6-1)45(36-21-7-2-8-22-36)41-31-29-33-17-13-15-27-39(33)43(41)44-40-28-16-14-18-34(40)30-32-42(44)46(37-23-9-3-10-24-37)38-25-11-4-12-26-38;2*1-8(2)10-6-4-9(3)5-7-10;;;;/h2*1-12,19-26,29-32H,13-18,27-28H2;2*4-8H,1-3H3;2*1H;;/q;;;;;;2*+2/p-2. The summed E-state index contributed by atoms with van der Waals surface area (Å²) >= 11 is 0. The molecule has 8 heteroatoms. The molecule has 0 aromatic heterocycles. The SMILES string of the molecule is Cc1ccc(C(C)C)cc1.Cc1ccc(C(C)C)cc1.[Cl-].[Cl-].[Ru+2].[Ru+2].c1ccc(P(c2ccccc2)c2ccc3c(c2-c2c(P(c4ccccc4)c4ccccc4)ccc4c2CCCC4)CCCC3)cc1.c1ccc(P(c2ccccc2)c2ccc3c(c2-c2c(P(c4ccccc4)c4ccccc4)ccc4c2CCCC4)CCCC3)cc1. The van der Waals surface area contributed by atoms with Crippen LogP contribution in [0.25, 0.3) is 22.3 Å². The Bertz CT molecular complexity index is 4580. The molecular formula is C108H108Cl2P4Ru2+2. The number of hydrogen-bond acceptors (Lipinski definition) is 0. The quantitative estimate of drug-likeness (QED) is 0.0668. The molecule has 588 valence electrons. The number of rotatable bonds is 16. The van der Waals surface area contributed by atoms with E-state index in [9.17, 15) is 0 Å². The van der Waals surface area contributed by atoms with Gasteiger partial charge in [0.15, 0.2) is 0 Å². The van der Waals surface area contributed by atoms with Crippen molar-refractivity contribution in [1.29, 1.82) is 0 Å². The van der Waals surface area contributed by atoms with Gasteiger partial charge < -0.3 is 24.8 Å². The first-order valence-corrected chi connectivity index (χ1v) is 46.8. The summed E-state index contributed by atoms with van der Waals surface area (Å²) in [5.41, 5.74) is 24.6. The second-order valence-electron chi connectivity index (χ2n) is 31.4. The van der Waals surface area contributed by atoms with Crippen LogP contribution in [-0.4, -0.2) is 0 Å². The molecule has 14 aromatic carbocycles. The van der Waals surface area contributed by atoms with Crippen LogP contribution in [0.4, 0.5) is 0 Å². The summed E-state index contributed by atoms with van der Waals surface area (Å²) in [7, 11) is -3.01. The fourth-order valence-corrected chi connectivity index (χ4v) is 27.3. The smallest absolute Gasteiger partial charge is 1.00 e. The fourth-order valence-electron chi connectivity index (χ4n) is 17.4. The van der Waals surface area contributed by atoms with Crippen molar-refractivity contribution >= 4 is 95.3 Å². The third-order valence-corrected chi connectivity index (χ3v) is 33.0. The van der Waals surface area contributed by atoms with Gasteiger partial charge in [0.1, 0.15) is 0 Å². The number of fused-ring (bicyclic) bond motifs is 4. The van der Waals surface area contributed by atoms with Gasteiger partial charge in [0.25, 0.3) is 0 Å². The van der Waals surface area contributed by atoms with Crippen molar-refractivity contribution in [1.82, 2.24) is 0 Å². The van der Waals surface area contributed by atoms with Crippen LogP contribution < -0.4 is 88.5 Å². The number of benzene rings is 14. The van der Waals surface area contributed by atoms with Gasteiger partial charge in [0, 0.05) is 0 Å². The maximum atomic E-state index is 2.55. The Balaban J connectivity index is 0.000000179. The zero-order valence-electron chi connectivity index (χ0n) is 68.1. The predicted molar refractivity (Wildman–Crippen MR) is 496 cm³/mol. The Kier molecular flexibility index (Phi) is 34.0. The molecule has 4 aliphatic rings. The van der Waals surface area contributed by atoms with Crippen molar-refractivity contribution in [3.8, 4) is 22.3 Å². The van der Waals surface area contributed by atoms with Crippen molar-refractivity contribution in [2.24, 2.45) is 0 Å². The molecule has 0 fully saturated rings. The second-order valence-corrected chi connectivity index (χ2v) is 40.1. The minimum Gasteiger partial charge on any atom is -1.00 e. The van der Waals surface area contributed by atoms with Crippen LogP contribution in [0.15, 0.2) is 340 Å². The van der Waals surface area contributed by atoms with E-state index in [4.69, 9.17) is 0 Å². The van der Waals surface area contributed by atoms with Crippen LogP contribution in [0.1, 0.15) is 158 Å². The molecule has 0 radical (unpaired) electrons. The van der Waals surface area contributed by atoms with Crippen LogP contribution in [0, 0.1) is 13.8 Å². The Morgan fingerprint density at radius 2 is 0.362 bits per heavy atom. The topological polar surface area (TPSA) is 0 Å². The Hall–Kier alpha value is -7.37. The molecule has 0 amide bonds. The molecule has 0 saturated heterocycles. The van der Waals surface area contributed by atoms with E-state index in [2.05, 4.69) is 381 Å². The molecule has 0 N–H and O–H groups in total. The molecule has 0 atom stereocenters. The third-order valence-electron chi connectivity index (χ3n) is 23.1. The average Bonchev–Trinajstić information content (AvgIpc) is 0.736. The fraction of sp³-hybridized carbons (Fsp3) is 0.222. The maximum Gasteiger partial charge on any atom is 2.00 e. The second kappa shape index (κ2) is 44.1. The zero-order valence-corrected chi connectivity index (χ0v) is 76.6. The van der Waals surface area contributed by atoms with Gasteiger partial charge in [0.05, 0.1) is 0 Å². The van der Waals surface area contributed by atoms with Gasteiger partial charge in [0.2, 0.25) is 0 Å². The number of hydrogen-bond donors (Lipinski definition) is 0. The van der Waals surface area contributed by atoms with Gasteiger partial charge in [-0.3, -0.25) is 0 Å². The molecule has 116 heavy (non-hydrogen) atoms. The minimum absolute atomic E-state index is 0. The van der Waals surface area contributed by atoms with E-state index in [0.29, 0.717) is 11.8 Å². The monoisotopic (exact) mass is 1800 g/mol. The van der Waals surface area contributed by atoms with Crippen molar-refractivity contribution in [2.45, 2.75) is 156 Å². The summed E-state index contributed by atoms with van der Waals surface area (Å²) in [5.74, 6) is 1.31. The van der Waals surface area contributed by atoms with Crippen molar-refractivity contribution in [3.05, 3.63) is 406 Å². The summed E-state index contributed by atoms with van der Waals surface area (Å²) in [6.07, 6.45) is 19.7. The van der Waals surface area contributed by atoms with Crippen LogP contribution in [0.5, 0.6) is 0 Å². The molecule has 0 saturated carbocycles. The van der Waals surface area contributed by atoms with E-state index in [1.54, 1.807) is 66.8 Å². The van der Waals surface area contributed by atoms with Crippen molar-refractivity contribution < 1.29 is 63.8 Å². The van der Waals surface area contributed by atoms with Crippen LogP contribution in [-0.2, 0) is 90.3 Å². The van der Waals surface area contributed by atoms with E-state index >= 15 is 0 Å². The van der Waals surface area contributed by atoms with Gasteiger partial charge in [-0.15, -0.1) is 0 Å². The molecule has 0 bridgehead atoms. The molecule has 0 heterocycles. The van der Waals surface area contributed by atoms with E-state index in [0.717, 1.165) is 0 Å². The molecule has 0 unspecified atom stereocenters. The zero-order chi connectivity index (χ0) is 76.5. The van der Waals surface area contributed by atoms with Crippen molar-refractivity contribution in [3.63, 3.8) is 0 Å². The first kappa shape index (κ1) is 89.4. The Morgan fingerprint density at radius 1 is 0.198 bits per heavy atom. The minimum atomic E-state index is -0.752. The summed E-state index contributed by atoms with van der Waals surface area (Å²) in [6, 6.07) is 128. The van der Waals surface area contributed by atoms with Gasteiger partial charge in [-0.1, -0.05) is 379 Å². The number of halogens is 2. The summed E-state index contributed by atoms with van der Waals surface area (Å²) in [5, 5.41) is 17.6. The summed E-state index contributed by atoms with van der Waals surface area (Å²) < 4.78 is 0. The third kappa shape index (κ3) is 21.2. The van der Waals surface area contributed by atoms with Gasteiger partial charge >= 0.3 is 39.0 Å². The van der Waals surface area contributed by atoms with Crippen LogP contribution in [0.3, 0.4) is 0 Å². The largest absolute Gasteiger partial charge is 2.00 e. The van der Waals surface area contributed by atoms with Gasteiger partial charge in [-0.25, -0.2) is 0 Å². The van der Waals surface area contributed by atoms with Crippen LogP contribution >= 0.6 is 31.7 Å². The first-order valence-electron chi connectivity index (χ1n) is 41.5. The molecule has 0 nitrogen and oxygen atoms in total. The van der Waals surface area contributed by atoms with Crippen molar-refractivity contribution in [2.75, 3.05) is 0 Å². The maximum absolute atomic E-state index is 2.55. The Morgan fingerprint density at radius 3 is 0.526 bits per heavy atom. The van der Waals surface area contributed by atoms with Crippen LogP contribution in [0.2, 0.25) is 0 Å². The molecular weight excluding hydrogens is 1690 g/mol. The van der Waals surface area contributed by atoms with Gasteiger partial charge in [-0.2, -0.15) is 0 Å². The average molecular weight is 1800 g/mol. The predicted octanol–water partition coefficient (Wildman–Crippen LogP) is 17.5. The summed E-state index contributed by atoms with van der Waals surface area (Å²) in [4.78, 5) is 0. The first-order chi connectivity index (χ1) is 55.1. The molecule has 18 rings (SSSR count). The van der Waals surface area contributed by atoms with E-state index in [1.165, 1.54) is 189 Å². The summed E-state index contributed by atoms with van der Waals surface area (Å²) in [6.45, 7) is 13.1. The van der Waals surface area contributed by atoms with E-state index < -0.39 is 31.7 Å². The van der Waals surface area contributed by atoms with Gasteiger partial charge in [-0.05, 0) is 302 Å². The molecule has 0 spiro atoms.